The molecular formula is C22H28N3O5PS. The van der Waals surface area contributed by atoms with Crippen molar-refractivity contribution in [1.82, 2.24) is 14.4 Å². The number of hydrogen-bond donors (Lipinski definition) is 2. The summed E-state index contributed by atoms with van der Waals surface area (Å²) in [6, 6.07) is 14.8. The van der Waals surface area contributed by atoms with Crippen molar-refractivity contribution in [2.24, 2.45) is 0 Å². The van der Waals surface area contributed by atoms with E-state index in [9.17, 15) is 13.0 Å². The van der Waals surface area contributed by atoms with Crippen molar-refractivity contribution in [2.45, 2.75) is 24.5 Å². The van der Waals surface area contributed by atoms with Gasteiger partial charge in [0.15, 0.2) is 0 Å². The Morgan fingerprint density at radius 2 is 1.88 bits per heavy atom. The van der Waals surface area contributed by atoms with E-state index < -0.39 is 17.8 Å². The molecule has 172 valence electrons. The molecule has 1 atom stereocenters. The smallest absolute Gasteiger partial charge is 0.413 e. The fraction of sp³-hybridized carbons (Fsp3) is 0.364. The molecule has 10 heteroatoms. The molecule has 1 unspecified atom stereocenters. The molecule has 4 rings (SSSR count). The van der Waals surface area contributed by atoms with Crippen molar-refractivity contribution in [3.63, 3.8) is 0 Å². The minimum atomic E-state index is -3.42. The number of aromatic nitrogens is 1. The maximum Gasteiger partial charge on any atom is 0.461 e. The minimum Gasteiger partial charge on any atom is -0.413 e. The number of para-hydroxylation sites is 1. The van der Waals surface area contributed by atoms with E-state index in [1.807, 2.05) is 42.6 Å². The summed E-state index contributed by atoms with van der Waals surface area (Å²) in [5.74, 6) is 0.765. The Morgan fingerprint density at radius 3 is 2.53 bits per heavy atom. The number of sulfonamides is 1. The van der Waals surface area contributed by atoms with Crippen LogP contribution in [-0.4, -0.2) is 45.3 Å². The highest BCUT2D eigenvalue weighted by molar-refractivity contribution is 7.88. The summed E-state index contributed by atoms with van der Waals surface area (Å²) in [5.41, 5.74) is 2.84. The Morgan fingerprint density at radius 1 is 1.16 bits per heavy atom. The SMILES string of the molecule is CNS(=O)(=O)Cc1ccc2c(C3CCN(P(=O)(OC)Oc4ccccc4)CC3)c[nH]c2c1. The van der Waals surface area contributed by atoms with Crippen LogP contribution in [0.15, 0.2) is 54.7 Å². The number of hydrogen-bond acceptors (Lipinski definition) is 5. The van der Waals surface area contributed by atoms with E-state index in [2.05, 4.69) is 9.71 Å². The molecule has 8 nitrogen and oxygen atoms in total. The third-order valence-electron chi connectivity index (χ3n) is 5.90. The van der Waals surface area contributed by atoms with E-state index in [0.29, 0.717) is 24.8 Å². The summed E-state index contributed by atoms with van der Waals surface area (Å²) in [5, 5.41) is 1.09. The Kier molecular flexibility index (Phi) is 6.74. The zero-order valence-corrected chi connectivity index (χ0v) is 19.9. The fourth-order valence-corrected chi connectivity index (χ4v) is 6.45. The van der Waals surface area contributed by atoms with Gasteiger partial charge in [-0.25, -0.2) is 17.7 Å². The number of nitrogens with zero attached hydrogens (tertiary/aromatic N) is 1. The van der Waals surface area contributed by atoms with E-state index in [-0.39, 0.29) is 5.75 Å². The van der Waals surface area contributed by atoms with Gasteiger partial charge in [0.1, 0.15) is 5.75 Å². The molecule has 0 bridgehead atoms. The van der Waals surface area contributed by atoms with Gasteiger partial charge in [-0.15, -0.1) is 0 Å². The van der Waals surface area contributed by atoms with E-state index in [4.69, 9.17) is 9.05 Å². The number of rotatable bonds is 8. The van der Waals surface area contributed by atoms with Gasteiger partial charge in [-0.1, -0.05) is 30.3 Å². The first kappa shape index (κ1) is 23.0. The highest BCUT2D eigenvalue weighted by atomic mass is 32.2. The van der Waals surface area contributed by atoms with Gasteiger partial charge in [-0.05, 0) is 55.1 Å². The Labute approximate surface area is 188 Å². The largest absolute Gasteiger partial charge is 0.461 e. The Hall–Kier alpha value is -2.16. The van der Waals surface area contributed by atoms with Crippen LogP contribution in [-0.2, 0) is 24.9 Å². The summed E-state index contributed by atoms with van der Waals surface area (Å²) in [6.07, 6.45) is 3.63. The number of fused-ring (bicyclic) bond motifs is 1. The lowest BCUT2D eigenvalue weighted by Gasteiger charge is -2.35. The monoisotopic (exact) mass is 477 g/mol. The lowest BCUT2D eigenvalue weighted by atomic mass is 9.90. The Balaban J connectivity index is 1.46. The number of nitrogens with one attached hydrogen (secondary N) is 2. The second-order valence-corrected chi connectivity index (χ2v) is 11.8. The van der Waals surface area contributed by atoms with Crippen molar-refractivity contribution >= 4 is 28.7 Å². The van der Waals surface area contributed by atoms with Crippen LogP contribution in [0.2, 0.25) is 0 Å². The minimum absolute atomic E-state index is 0.0557. The normalized spacial score (nSPS) is 17.9. The molecule has 0 spiro atoms. The number of piperidine rings is 1. The number of benzene rings is 2. The second-order valence-electron chi connectivity index (χ2n) is 7.87. The molecule has 32 heavy (non-hydrogen) atoms. The maximum absolute atomic E-state index is 13.3. The van der Waals surface area contributed by atoms with Crippen molar-refractivity contribution in [2.75, 3.05) is 27.2 Å². The molecule has 0 saturated carbocycles. The molecule has 0 radical (unpaired) electrons. The molecule has 1 fully saturated rings. The third-order valence-corrected chi connectivity index (χ3v) is 9.23. The van der Waals surface area contributed by atoms with E-state index in [0.717, 1.165) is 29.3 Å². The number of H-pyrrole nitrogens is 1. The van der Waals surface area contributed by atoms with Crippen LogP contribution in [0.4, 0.5) is 0 Å². The van der Waals surface area contributed by atoms with Gasteiger partial charge < -0.3 is 9.51 Å². The summed E-state index contributed by atoms with van der Waals surface area (Å²) >= 11 is 0. The van der Waals surface area contributed by atoms with E-state index in [1.54, 1.807) is 16.8 Å². The van der Waals surface area contributed by atoms with Crippen molar-refractivity contribution < 1.29 is 22.0 Å². The van der Waals surface area contributed by atoms with Gasteiger partial charge in [0.25, 0.3) is 0 Å². The first-order valence-electron chi connectivity index (χ1n) is 10.5. The summed E-state index contributed by atoms with van der Waals surface area (Å²) in [7, 11) is -3.90. The topological polar surface area (TPSA) is 101 Å². The van der Waals surface area contributed by atoms with Crippen molar-refractivity contribution in [3.8, 4) is 5.75 Å². The lowest BCUT2D eigenvalue weighted by molar-refractivity contribution is 0.216. The van der Waals surface area contributed by atoms with Crippen LogP contribution < -0.4 is 9.25 Å². The highest BCUT2D eigenvalue weighted by Crippen LogP contribution is 2.53. The lowest BCUT2D eigenvalue weighted by Crippen LogP contribution is -2.32. The molecule has 0 aliphatic carbocycles. The van der Waals surface area contributed by atoms with Crippen LogP contribution in [0.5, 0.6) is 5.75 Å². The first-order chi connectivity index (χ1) is 15.3. The van der Waals surface area contributed by atoms with Crippen LogP contribution >= 0.6 is 7.75 Å². The zero-order chi connectivity index (χ0) is 22.8. The average molecular weight is 478 g/mol. The van der Waals surface area contributed by atoms with Crippen LogP contribution in [0.25, 0.3) is 10.9 Å². The highest BCUT2D eigenvalue weighted by Gasteiger charge is 2.37. The van der Waals surface area contributed by atoms with Crippen molar-refractivity contribution in [3.05, 3.63) is 65.9 Å². The van der Waals surface area contributed by atoms with Gasteiger partial charge >= 0.3 is 7.75 Å². The second kappa shape index (κ2) is 9.37. The van der Waals surface area contributed by atoms with E-state index in [1.165, 1.54) is 19.7 Å². The molecule has 1 aromatic heterocycles. The van der Waals surface area contributed by atoms with Crippen molar-refractivity contribution in [1.29, 1.82) is 0 Å². The predicted octanol–water partition coefficient (Wildman–Crippen LogP) is 4.23. The molecule has 1 aliphatic rings. The maximum atomic E-state index is 13.3. The summed E-state index contributed by atoms with van der Waals surface area (Å²) in [4.78, 5) is 3.28. The summed E-state index contributed by atoms with van der Waals surface area (Å²) in [6.45, 7) is 1.18. The van der Waals surface area contributed by atoms with Crippen LogP contribution in [0.3, 0.4) is 0 Å². The molecule has 2 N–H and O–H groups in total. The van der Waals surface area contributed by atoms with Gasteiger partial charge in [0, 0.05) is 37.3 Å². The molecule has 2 aromatic carbocycles. The Bertz CT molecular complexity index is 1220. The molecule has 3 aromatic rings. The predicted molar refractivity (Wildman–Crippen MR) is 125 cm³/mol. The quantitative estimate of drug-likeness (QED) is 0.471. The van der Waals surface area contributed by atoms with Gasteiger partial charge in [-0.3, -0.25) is 4.52 Å². The molecule has 1 aliphatic heterocycles. The average Bonchev–Trinajstić information content (AvgIpc) is 3.23. The summed E-state index contributed by atoms with van der Waals surface area (Å²) < 4.78 is 52.2. The molecule has 2 heterocycles. The zero-order valence-electron chi connectivity index (χ0n) is 18.2. The van der Waals surface area contributed by atoms with Crippen LogP contribution in [0.1, 0.15) is 29.9 Å². The van der Waals surface area contributed by atoms with Gasteiger partial charge in [0.05, 0.1) is 5.75 Å². The van der Waals surface area contributed by atoms with Gasteiger partial charge in [-0.2, -0.15) is 4.67 Å². The van der Waals surface area contributed by atoms with E-state index >= 15 is 0 Å². The molecule has 1 saturated heterocycles. The standard InChI is InChI=1S/C22H28N3O5PS/c1-23-32(27,28)16-17-8-9-20-21(15-24-22(20)14-17)18-10-12-25(13-11-18)31(26,29-2)30-19-6-4-3-5-7-19/h3-9,14-15,18,23-24H,10-13,16H2,1-2H3. The first-order valence-corrected chi connectivity index (χ1v) is 13.7. The molecular weight excluding hydrogens is 449 g/mol. The van der Waals surface area contributed by atoms with Crippen LogP contribution in [0, 0.1) is 0 Å². The number of aromatic amines is 1. The third kappa shape index (κ3) is 4.92. The van der Waals surface area contributed by atoms with Gasteiger partial charge in [0.2, 0.25) is 10.0 Å². The molecule has 0 amide bonds. The fourth-order valence-electron chi connectivity index (χ4n) is 4.16.